The van der Waals surface area contributed by atoms with Gasteiger partial charge in [-0.3, -0.25) is 9.63 Å². The number of hydrogen-bond donors (Lipinski definition) is 1. The summed E-state index contributed by atoms with van der Waals surface area (Å²) in [6.07, 6.45) is 0. The molecule has 2 aromatic rings. The van der Waals surface area contributed by atoms with E-state index in [9.17, 15) is 9.59 Å². The van der Waals surface area contributed by atoms with Crippen LogP contribution in [0.15, 0.2) is 42.5 Å². The number of urea groups is 1. The molecule has 6 nitrogen and oxygen atoms in total. The molecule has 0 aromatic heterocycles. The maximum Gasteiger partial charge on any atom is 0.345 e. The van der Waals surface area contributed by atoms with Crippen LogP contribution in [0.25, 0.3) is 0 Å². The van der Waals surface area contributed by atoms with E-state index in [0.29, 0.717) is 21.5 Å². The molecule has 0 heterocycles. The van der Waals surface area contributed by atoms with Gasteiger partial charge in [0.2, 0.25) is 0 Å². The third-order valence-corrected chi connectivity index (χ3v) is 6.00. The van der Waals surface area contributed by atoms with Crippen LogP contribution in [0.3, 0.4) is 0 Å². The molecule has 10 heteroatoms. The van der Waals surface area contributed by atoms with Crippen LogP contribution in [-0.4, -0.2) is 48.5 Å². The van der Waals surface area contributed by atoms with E-state index in [2.05, 4.69) is 5.32 Å². The Hall–Kier alpha value is -1.64. The van der Waals surface area contributed by atoms with Gasteiger partial charge in [-0.15, -0.1) is 0 Å². The van der Waals surface area contributed by atoms with Gasteiger partial charge in [-0.1, -0.05) is 58.7 Å². The van der Waals surface area contributed by atoms with Crippen molar-refractivity contribution in [1.82, 2.24) is 9.96 Å². The van der Waals surface area contributed by atoms with Crippen molar-refractivity contribution in [1.29, 1.82) is 0 Å². The van der Waals surface area contributed by atoms with E-state index in [1.807, 2.05) is 43.0 Å². The first-order valence-corrected chi connectivity index (χ1v) is 11.5. The van der Waals surface area contributed by atoms with E-state index < -0.39 is 6.03 Å². The number of hydroxylamine groups is 2. The topological polar surface area (TPSA) is 61.9 Å². The van der Waals surface area contributed by atoms with Crippen molar-refractivity contribution >= 4 is 63.5 Å². The molecule has 0 unspecified atom stereocenters. The molecule has 0 saturated carbocycles. The molecule has 0 bridgehead atoms. The fourth-order valence-electron chi connectivity index (χ4n) is 2.16. The summed E-state index contributed by atoms with van der Waals surface area (Å²) in [5.74, 6) is 0.701. The second kappa shape index (κ2) is 14.4. The van der Waals surface area contributed by atoms with Crippen LogP contribution < -0.4 is 5.32 Å². The number of hydrogen-bond acceptors (Lipinski definition) is 4. The summed E-state index contributed by atoms with van der Waals surface area (Å²) in [4.78, 5) is 29.6. The van der Waals surface area contributed by atoms with Crippen molar-refractivity contribution in [2.24, 2.45) is 0 Å². The maximum absolute atomic E-state index is 11.7. The first-order valence-electron chi connectivity index (χ1n) is 9.41. The number of amides is 3. The van der Waals surface area contributed by atoms with Crippen LogP contribution in [0.4, 0.5) is 15.3 Å². The Morgan fingerprint density at radius 1 is 1.00 bits per heavy atom. The number of anilines is 1. The summed E-state index contributed by atoms with van der Waals surface area (Å²) in [6.45, 7) is 5.51. The second-order valence-corrected chi connectivity index (χ2v) is 8.27. The summed E-state index contributed by atoms with van der Waals surface area (Å²) in [5.41, 5.74) is 1.67. The van der Waals surface area contributed by atoms with Gasteiger partial charge in [-0.2, -0.15) is 0 Å². The molecule has 0 fully saturated rings. The van der Waals surface area contributed by atoms with Crippen molar-refractivity contribution in [3.8, 4) is 0 Å². The van der Waals surface area contributed by atoms with Crippen molar-refractivity contribution in [3.05, 3.63) is 63.1 Å². The highest BCUT2D eigenvalue weighted by atomic mass is 35.5. The number of nitrogens with one attached hydrogen (secondary N) is 1. The van der Waals surface area contributed by atoms with Crippen LogP contribution in [0, 0.1) is 0 Å². The van der Waals surface area contributed by atoms with E-state index in [1.54, 1.807) is 18.2 Å². The molecule has 0 radical (unpaired) electrons. The molecule has 31 heavy (non-hydrogen) atoms. The van der Waals surface area contributed by atoms with E-state index in [-0.39, 0.29) is 5.24 Å². The number of rotatable bonds is 6. The van der Waals surface area contributed by atoms with Crippen molar-refractivity contribution in [2.75, 3.05) is 32.6 Å². The normalized spacial score (nSPS) is 10.0. The fraction of sp³-hybridized carbons (Fsp3) is 0.333. The number of benzene rings is 2. The lowest BCUT2D eigenvalue weighted by molar-refractivity contribution is -0.0598. The molecule has 1 N–H and O–H groups in total. The maximum atomic E-state index is 11.7. The third kappa shape index (κ3) is 10.0. The van der Waals surface area contributed by atoms with E-state index in [4.69, 9.17) is 39.6 Å². The van der Waals surface area contributed by atoms with Crippen molar-refractivity contribution in [2.45, 2.75) is 19.6 Å². The quantitative estimate of drug-likeness (QED) is 0.426. The third-order valence-electron chi connectivity index (χ3n) is 4.03. The van der Waals surface area contributed by atoms with Gasteiger partial charge in [-0.05, 0) is 49.7 Å². The van der Waals surface area contributed by atoms with E-state index in [0.717, 1.165) is 28.7 Å². The van der Waals surface area contributed by atoms with Crippen molar-refractivity contribution < 1.29 is 14.4 Å². The zero-order chi connectivity index (χ0) is 23.4. The van der Waals surface area contributed by atoms with Gasteiger partial charge in [0.25, 0.3) is 5.24 Å². The molecule has 0 aliphatic rings. The van der Waals surface area contributed by atoms with Crippen LogP contribution >= 0.6 is 46.6 Å². The van der Waals surface area contributed by atoms with Gasteiger partial charge in [0.1, 0.15) is 0 Å². The Morgan fingerprint density at radius 3 is 2.13 bits per heavy atom. The predicted molar refractivity (Wildman–Crippen MR) is 131 cm³/mol. The smallest absolute Gasteiger partial charge is 0.334 e. The predicted octanol–water partition coefficient (Wildman–Crippen LogP) is 7.05. The lowest BCUT2D eigenvalue weighted by Gasteiger charge is -2.17. The van der Waals surface area contributed by atoms with Crippen LogP contribution in [0.1, 0.15) is 19.4 Å². The average molecular weight is 507 g/mol. The molecule has 0 atom stereocenters. The monoisotopic (exact) mass is 505 g/mol. The Labute approximate surface area is 202 Å². The lowest BCUT2D eigenvalue weighted by Crippen LogP contribution is -2.30. The summed E-state index contributed by atoms with van der Waals surface area (Å²) < 4.78 is 0. The lowest BCUT2D eigenvalue weighted by atomic mass is 10.2. The number of nitrogens with zero attached hydrogens (tertiary/aromatic N) is 2. The number of thioether (sulfide) groups is 1. The highest BCUT2D eigenvalue weighted by molar-refractivity contribution is 8.12. The Morgan fingerprint density at radius 2 is 1.61 bits per heavy atom. The largest absolute Gasteiger partial charge is 0.345 e. The van der Waals surface area contributed by atoms with Gasteiger partial charge in [0.15, 0.2) is 0 Å². The minimum Gasteiger partial charge on any atom is -0.334 e. The minimum absolute atomic E-state index is 0.139. The molecule has 2 rings (SSSR count). The molecular formula is C21H26Cl3N3O3S. The molecule has 170 valence electrons. The van der Waals surface area contributed by atoms with Gasteiger partial charge in [0.05, 0.1) is 17.2 Å². The molecule has 2 aromatic carbocycles. The Kier molecular flexibility index (Phi) is 12.7. The van der Waals surface area contributed by atoms with Gasteiger partial charge < -0.3 is 10.2 Å². The van der Waals surface area contributed by atoms with E-state index >= 15 is 0 Å². The number of carbonyl (C=O) groups excluding carboxylic acids is 2. The van der Waals surface area contributed by atoms with Gasteiger partial charge in [0, 0.05) is 36.6 Å². The standard InChI is InChI=1S/C12H16ClNOS.C9H10Cl2N2O2/c1-3-14(4-2)12(15)16-9-10-5-7-11(13)8-6-10;1-13(15-2)9(14)12-6-3-4-7(10)8(11)5-6/h5-8H,3-4,9H2,1-2H3;3-5H,1-2H3,(H,12,14). The van der Waals surface area contributed by atoms with Crippen LogP contribution in [0.2, 0.25) is 15.1 Å². The average Bonchev–Trinajstić information content (AvgIpc) is 2.76. The van der Waals surface area contributed by atoms with Gasteiger partial charge >= 0.3 is 6.03 Å². The van der Waals surface area contributed by atoms with Crippen LogP contribution in [-0.2, 0) is 10.6 Å². The number of carbonyl (C=O) groups is 2. The minimum atomic E-state index is -0.393. The summed E-state index contributed by atoms with van der Waals surface area (Å²) in [5, 5.41) is 5.33. The first-order chi connectivity index (χ1) is 14.7. The number of halogens is 3. The molecule has 0 aliphatic carbocycles. The molecule has 3 amide bonds. The highest BCUT2D eigenvalue weighted by Crippen LogP contribution is 2.25. The first kappa shape index (κ1) is 27.4. The Balaban J connectivity index is 0.000000311. The molecular weight excluding hydrogens is 481 g/mol. The second-order valence-electron chi connectivity index (χ2n) is 6.09. The summed E-state index contributed by atoms with van der Waals surface area (Å²) >= 11 is 18.6. The Bertz CT molecular complexity index is 850. The summed E-state index contributed by atoms with van der Waals surface area (Å²) in [6, 6.07) is 12.0. The van der Waals surface area contributed by atoms with Gasteiger partial charge in [-0.25, -0.2) is 9.86 Å². The molecule has 0 aliphatic heterocycles. The van der Waals surface area contributed by atoms with Crippen molar-refractivity contribution in [3.63, 3.8) is 0 Å². The molecule has 0 saturated heterocycles. The summed E-state index contributed by atoms with van der Waals surface area (Å²) in [7, 11) is 2.89. The van der Waals surface area contributed by atoms with E-state index in [1.165, 1.54) is 25.9 Å². The zero-order valence-corrected chi connectivity index (χ0v) is 20.9. The highest BCUT2D eigenvalue weighted by Gasteiger charge is 2.10. The SMILES string of the molecule is CCN(CC)C(=O)SCc1ccc(Cl)cc1.CON(C)C(=O)Nc1ccc(Cl)c(Cl)c1. The van der Waals surface area contributed by atoms with Crippen LogP contribution in [0.5, 0.6) is 0 Å². The zero-order valence-electron chi connectivity index (χ0n) is 17.8. The fourth-order valence-corrected chi connectivity index (χ4v) is 3.51. The molecule has 0 spiro atoms.